The second kappa shape index (κ2) is 7.35. The van der Waals surface area contributed by atoms with E-state index in [0.717, 1.165) is 22.6 Å². The highest BCUT2D eigenvalue weighted by atomic mass is 79.9. The van der Waals surface area contributed by atoms with Gasteiger partial charge in [0.25, 0.3) is 0 Å². The SMILES string of the molecule is COc1ccc(C=C(CBr)C2CCCCC2)cc1Cl. The van der Waals surface area contributed by atoms with Gasteiger partial charge >= 0.3 is 0 Å². The normalized spacial score (nSPS) is 17.5. The zero-order valence-electron chi connectivity index (χ0n) is 11.3. The Hall–Kier alpha value is -0.470. The Morgan fingerprint density at radius 1 is 1.37 bits per heavy atom. The Morgan fingerprint density at radius 3 is 2.68 bits per heavy atom. The van der Waals surface area contributed by atoms with Gasteiger partial charge in [0.1, 0.15) is 5.75 Å². The predicted octanol–water partition coefficient (Wildman–Crippen LogP) is 5.71. The molecule has 0 unspecified atom stereocenters. The molecule has 1 fully saturated rings. The van der Waals surface area contributed by atoms with Crippen LogP contribution in [0.4, 0.5) is 0 Å². The summed E-state index contributed by atoms with van der Waals surface area (Å²) in [7, 11) is 1.64. The molecule has 0 atom stereocenters. The summed E-state index contributed by atoms with van der Waals surface area (Å²) in [5.74, 6) is 1.46. The maximum Gasteiger partial charge on any atom is 0.137 e. The van der Waals surface area contributed by atoms with E-state index in [4.69, 9.17) is 16.3 Å². The highest BCUT2D eigenvalue weighted by Gasteiger charge is 2.17. The molecule has 0 N–H and O–H groups in total. The Morgan fingerprint density at radius 2 is 2.11 bits per heavy atom. The first-order valence-electron chi connectivity index (χ1n) is 6.84. The standard InChI is InChI=1S/C16H20BrClO/c1-19-16-8-7-12(10-15(16)18)9-14(11-17)13-5-3-2-4-6-13/h7-10,13H,2-6,11H2,1H3. The summed E-state index contributed by atoms with van der Waals surface area (Å²) >= 11 is 9.81. The van der Waals surface area contributed by atoms with Gasteiger partial charge in [-0.25, -0.2) is 0 Å². The molecule has 0 aromatic heterocycles. The van der Waals surface area contributed by atoms with Crippen LogP contribution in [0.3, 0.4) is 0 Å². The van der Waals surface area contributed by atoms with Gasteiger partial charge in [0.2, 0.25) is 0 Å². The minimum Gasteiger partial charge on any atom is -0.495 e. The Labute approximate surface area is 129 Å². The van der Waals surface area contributed by atoms with Crippen LogP contribution < -0.4 is 4.74 Å². The van der Waals surface area contributed by atoms with E-state index in [-0.39, 0.29) is 0 Å². The van der Waals surface area contributed by atoms with Crippen LogP contribution in [-0.4, -0.2) is 12.4 Å². The highest BCUT2D eigenvalue weighted by Crippen LogP contribution is 2.33. The third kappa shape index (κ3) is 4.00. The summed E-state index contributed by atoms with van der Waals surface area (Å²) in [5.41, 5.74) is 2.65. The van der Waals surface area contributed by atoms with Crippen molar-refractivity contribution in [3.05, 3.63) is 34.4 Å². The van der Waals surface area contributed by atoms with E-state index in [9.17, 15) is 0 Å². The van der Waals surface area contributed by atoms with Crippen molar-refractivity contribution in [1.29, 1.82) is 0 Å². The zero-order chi connectivity index (χ0) is 13.7. The van der Waals surface area contributed by atoms with Crippen molar-refractivity contribution in [2.75, 3.05) is 12.4 Å². The number of methoxy groups -OCH3 is 1. The fraction of sp³-hybridized carbons (Fsp3) is 0.500. The first kappa shape index (κ1) is 14.9. The summed E-state index contributed by atoms with van der Waals surface area (Å²) in [6, 6.07) is 5.98. The summed E-state index contributed by atoms with van der Waals surface area (Å²) in [6.45, 7) is 0. The van der Waals surface area contributed by atoms with Crippen molar-refractivity contribution in [1.82, 2.24) is 0 Å². The van der Waals surface area contributed by atoms with Crippen LogP contribution >= 0.6 is 27.5 Å². The molecule has 0 saturated heterocycles. The van der Waals surface area contributed by atoms with Crippen molar-refractivity contribution in [2.24, 2.45) is 5.92 Å². The molecule has 0 bridgehead atoms. The molecule has 0 aliphatic heterocycles. The van der Waals surface area contributed by atoms with Gasteiger partial charge in [-0.3, -0.25) is 0 Å². The zero-order valence-corrected chi connectivity index (χ0v) is 13.6. The van der Waals surface area contributed by atoms with Crippen molar-refractivity contribution >= 4 is 33.6 Å². The number of ether oxygens (including phenoxy) is 1. The molecule has 1 aliphatic carbocycles. The van der Waals surface area contributed by atoms with Gasteiger partial charge < -0.3 is 4.74 Å². The molecule has 0 spiro atoms. The lowest BCUT2D eigenvalue weighted by atomic mass is 9.84. The average Bonchev–Trinajstić information content (AvgIpc) is 2.46. The van der Waals surface area contributed by atoms with Crippen LogP contribution in [0.15, 0.2) is 23.8 Å². The third-order valence-corrected chi connectivity index (χ3v) is 4.75. The summed E-state index contributed by atoms with van der Waals surface area (Å²) in [6.07, 6.45) is 9.02. The summed E-state index contributed by atoms with van der Waals surface area (Å²) in [4.78, 5) is 0. The van der Waals surface area contributed by atoms with Crippen LogP contribution in [0.25, 0.3) is 6.08 Å². The number of benzene rings is 1. The molecular formula is C16H20BrClO. The molecule has 1 saturated carbocycles. The van der Waals surface area contributed by atoms with E-state index >= 15 is 0 Å². The van der Waals surface area contributed by atoms with E-state index in [1.54, 1.807) is 7.11 Å². The van der Waals surface area contributed by atoms with E-state index < -0.39 is 0 Å². The number of hydrogen-bond acceptors (Lipinski definition) is 1. The number of rotatable bonds is 4. The molecule has 3 heteroatoms. The topological polar surface area (TPSA) is 9.23 Å². The maximum atomic E-state index is 6.18. The summed E-state index contributed by atoms with van der Waals surface area (Å²) in [5, 5.41) is 1.62. The number of allylic oxidation sites excluding steroid dienone is 1. The fourth-order valence-corrected chi connectivity index (χ4v) is 3.61. The van der Waals surface area contributed by atoms with Gasteiger partial charge in [-0.1, -0.05) is 64.5 Å². The minimum absolute atomic E-state index is 0.675. The van der Waals surface area contributed by atoms with Crippen molar-refractivity contribution in [3.8, 4) is 5.75 Å². The molecular weight excluding hydrogens is 324 g/mol. The largest absolute Gasteiger partial charge is 0.495 e. The van der Waals surface area contributed by atoms with Crippen molar-refractivity contribution < 1.29 is 4.74 Å². The Bertz CT molecular complexity index is 450. The molecule has 1 nitrogen and oxygen atoms in total. The molecule has 1 aromatic rings. The molecule has 1 aliphatic rings. The van der Waals surface area contributed by atoms with Crippen molar-refractivity contribution in [2.45, 2.75) is 32.1 Å². The summed E-state index contributed by atoms with van der Waals surface area (Å²) < 4.78 is 5.19. The Kier molecular flexibility index (Phi) is 5.77. The number of halogens is 2. The van der Waals surface area contributed by atoms with Gasteiger partial charge in [-0.2, -0.15) is 0 Å². The van der Waals surface area contributed by atoms with Gasteiger partial charge in [-0.15, -0.1) is 0 Å². The molecule has 0 radical (unpaired) electrons. The van der Waals surface area contributed by atoms with Crippen LogP contribution in [-0.2, 0) is 0 Å². The average molecular weight is 344 g/mol. The smallest absolute Gasteiger partial charge is 0.137 e. The van der Waals surface area contributed by atoms with Gasteiger partial charge in [0, 0.05) is 5.33 Å². The lowest BCUT2D eigenvalue weighted by Gasteiger charge is -2.23. The van der Waals surface area contributed by atoms with E-state index in [1.165, 1.54) is 37.7 Å². The van der Waals surface area contributed by atoms with Crippen molar-refractivity contribution in [3.63, 3.8) is 0 Å². The van der Waals surface area contributed by atoms with Crippen LogP contribution in [0, 0.1) is 5.92 Å². The lowest BCUT2D eigenvalue weighted by Crippen LogP contribution is -2.10. The first-order chi connectivity index (χ1) is 9.24. The lowest BCUT2D eigenvalue weighted by molar-refractivity contribution is 0.405. The first-order valence-corrected chi connectivity index (χ1v) is 8.34. The van der Waals surface area contributed by atoms with Gasteiger partial charge in [0.05, 0.1) is 12.1 Å². The van der Waals surface area contributed by atoms with Crippen LogP contribution in [0.2, 0.25) is 5.02 Å². The van der Waals surface area contributed by atoms with Crippen LogP contribution in [0.1, 0.15) is 37.7 Å². The van der Waals surface area contributed by atoms with E-state index in [2.05, 4.69) is 28.1 Å². The van der Waals surface area contributed by atoms with Gasteiger partial charge in [0.15, 0.2) is 0 Å². The molecule has 2 rings (SSSR count). The van der Waals surface area contributed by atoms with Crippen LogP contribution in [0.5, 0.6) is 5.75 Å². The molecule has 0 amide bonds. The van der Waals surface area contributed by atoms with E-state index in [0.29, 0.717) is 5.02 Å². The monoisotopic (exact) mass is 342 g/mol. The molecule has 0 heterocycles. The second-order valence-electron chi connectivity index (χ2n) is 5.08. The maximum absolute atomic E-state index is 6.18. The minimum atomic E-state index is 0.675. The number of alkyl halides is 1. The predicted molar refractivity (Wildman–Crippen MR) is 86.4 cm³/mol. The fourth-order valence-electron chi connectivity index (χ4n) is 2.73. The third-order valence-electron chi connectivity index (χ3n) is 3.81. The van der Waals surface area contributed by atoms with E-state index in [1.807, 2.05) is 12.1 Å². The van der Waals surface area contributed by atoms with Gasteiger partial charge in [-0.05, 0) is 36.5 Å². The molecule has 104 valence electrons. The highest BCUT2D eigenvalue weighted by molar-refractivity contribution is 9.09. The molecule has 19 heavy (non-hydrogen) atoms. The quantitative estimate of drug-likeness (QED) is 0.636. The number of hydrogen-bond donors (Lipinski definition) is 0. The second-order valence-corrected chi connectivity index (χ2v) is 6.05. The molecule has 1 aromatic carbocycles. The Balaban J connectivity index is 2.19.